The van der Waals surface area contributed by atoms with E-state index in [0.717, 1.165) is 6.21 Å². The molecular weight excluding hydrogens is 158 g/mol. The SMILES string of the molecule is N#CC1C=CC(/C=N/O)=NC1=O. The largest absolute Gasteiger partial charge is 0.411 e. The van der Waals surface area contributed by atoms with Gasteiger partial charge in [-0.2, -0.15) is 5.26 Å². The second-order valence-electron chi connectivity index (χ2n) is 2.09. The first-order valence-corrected chi connectivity index (χ1v) is 3.15. The summed E-state index contributed by atoms with van der Waals surface area (Å²) in [6.07, 6.45) is 3.89. The molecule has 1 aliphatic rings. The quantitative estimate of drug-likeness (QED) is 0.338. The van der Waals surface area contributed by atoms with Crippen molar-refractivity contribution >= 4 is 17.8 Å². The highest BCUT2D eigenvalue weighted by Crippen LogP contribution is 2.05. The van der Waals surface area contributed by atoms with Gasteiger partial charge in [-0.25, -0.2) is 4.99 Å². The first-order valence-electron chi connectivity index (χ1n) is 3.15. The van der Waals surface area contributed by atoms with Crippen LogP contribution in [0.2, 0.25) is 0 Å². The monoisotopic (exact) mass is 163 g/mol. The molecule has 1 rings (SSSR count). The van der Waals surface area contributed by atoms with Gasteiger partial charge in [0.25, 0.3) is 5.91 Å². The van der Waals surface area contributed by atoms with E-state index in [-0.39, 0.29) is 5.71 Å². The Morgan fingerprint density at radius 1 is 1.83 bits per heavy atom. The molecule has 0 aromatic heterocycles. The lowest BCUT2D eigenvalue weighted by molar-refractivity contribution is -0.118. The number of hydrogen-bond acceptors (Lipinski definition) is 4. The molecule has 0 aromatic rings. The maximum Gasteiger partial charge on any atom is 0.267 e. The van der Waals surface area contributed by atoms with E-state index in [1.807, 2.05) is 0 Å². The third-order valence-electron chi connectivity index (χ3n) is 1.29. The van der Waals surface area contributed by atoms with E-state index in [0.29, 0.717) is 0 Å². The van der Waals surface area contributed by atoms with Crippen LogP contribution < -0.4 is 0 Å². The van der Waals surface area contributed by atoms with Crippen molar-refractivity contribution in [2.75, 3.05) is 0 Å². The van der Waals surface area contributed by atoms with Gasteiger partial charge >= 0.3 is 0 Å². The molecule has 1 heterocycles. The van der Waals surface area contributed by atoms with Crippen molar-refractivity contribution in [2.45, 2.75) is 0 Å². The fourth-order valence-electron chi connectivity index (χ4n) is 0.740. The van der Waals surface area contributed by atoms with Crippen LogP contribution in [0.25, 0.3) is 0 Å². The number of nitriles is 1. The van der Waals surface area contributed by atoms with Crippen molar-refractivity contribution in [3.8, 4) is 6.07 Å². The van der Waals surface area contributed by atoms with Crippen molar-refractivity contribution in [3.63, 3.8) is 0 Å². The minimum Gasteiger partial charge on any atom is -0.411 e. The lowest BCUT2D eigenvalue weighted by Gasteiger charge is -2.03. The van der Waals surface area contributed by atoms with E-state index in [9.17, 15) is 4.79 Å². The summed E-state index contributed by atoms with van der Waals surface area (Å²) in [5.41, 5.74) is 0.244. The number of carbonyl (C=O) groups is 1. The summed E-state index contributed by atoms with van der Waals surface area (Å²) >= 11 is 0. The number of nitrogens with zero attached hydrogens (tertiary/aromatic N) is 3. The zero-order chi connectivity index (χ0) is 8.97. The summed E-state index contributed by atoms with van der Waals surface area (Å²) in [6.45, 7) is 0. The number of amides is 1. The molecule has 1 unspecified atom stereocenters. The molecule has 1 atom stereocenters. The average Bonchev–Trinajstić information content (AvgIpc) is 2.05. The van der Waals surface area contributed by atoms with Gasteiger partial charge in [0.2, 0.25) is 0 Å². The predicted molar refractivity (Wildman–Crippen MR) is 41.0 cm³/mol. The zero-order valence-corrected chi connectivity index (χ0v) is 6.01. The number of hydrogen-bond donors (Lipinski definition) is 1. The van der Waals surface area contributed by atoms with Gasteiger partial charge < -0.3 is 5.21 Å². The maximum absolute atomic E-state index is 10.9. The van der Waals surface area contributed by atoms with Crippen molar-refractivity contribution in [1.29, 1.82) is 5.26 Å². The van der Waals surface area contributed by atoms with E-state index in [2.05, 4.69) is 10.1 Å². The first-order chi connectivity index (χ1) is 5.77. The van der Waals surface area contributed by atoms with E-state index in [1.165, 1.54) is 12.2 Å². The number of oxime groups is 1. The highest BCUT2D eigenvalue weighted by atomic mass is 16.4. The smallest absolute Gasteiger partial charge is 0.267 e. The van der Waals surface area contributed by atoms with E-state index >= 15 is 0 Å². The molecule has 5 nitrogen and oxygen atoms in total. The highest BCUT2D eigenvalue weighted by Gasteiger charge is 2.17. The highest BCUT2D eigenvalue weighted by molar-refractivity contribution is 6.38. The minimum absolute atomic E-state index is 0.244. The molecule has 1 amide bonds. The van der Waals surface area contributed by atoms with Gasteiger partial charge in [0.15, 0.2) is 0 Å². The normalized spacial score (nSPS) is 22.4. The summed E-state index contributed by atoms with van der Waals surface area (Å²) in [7, 11) is 0. The Hall–Kier alpha value is -1.96. The van der Waals surface area contributed by atoms with Gasteiger partial charge in [0.1, 0.15) is 5.92 Å². The lowest BCUT2D eigenvalue weighted by atomic mass is 10.1. The van der Waals surface area contributed by atoms with Gasteiger partial charge in [-0.05, 0) is 6.08 Å². The van der Waals surface area contributed by atoms with Crippen LogP contribution in [-0.4, -0.2) is 23.0 Å². The van der Waals surface area contributed by atoms with Gasteiger partial charge in [0, 0.05) is 0 Å². The molecule has 1 aliphatic heterocycles. The lowest BCUT2D eigenvalue weighted by Crippen LogP contribution is -2.15. The van der Waals surface area contributed by atoms with Gasteiger partial charge in [-0.3, -0.25) is 4.79 Å². The van der Waals surface area contributed by atoms with Gasteiger partial charge in [-0.1, -0.05) is 11.2 Å². The average molecular weight is 163 g/mol. The van der Waals surface area contributed by atoms with Crippen LogP contribution in [0.15, 0.2) is 22.3 Å². The molecule has 12 heavy (non-hydrogen) atoms. The molecule has 0 bridgehead atoms. The zero-order valence-electron chi connectivity index (χ0n) is 6.01. The van der Waals surface area contributed by atoms with Crippen LogP contribution in [0.3, 0.4) is 0 Å². The molecule has 1 N–H and O–H groups in total. The topological polar surface area (TPSA) is 85.8 Å². The number of rotatable bonds is 1. The van der Waals surface area contributed by atoms with Crippen molar-refractivity contribution < 1.29 is 10.0 Å². The van der Waals surface area contributed by atoms with Crippen LogP contribution in [0.5, 0.6) is 0 Å². The minimum atomic E-state index is -0.805. The molecular formula is C7H5N3O2. The molecule has 0 spiro atoms. The molecule has 0 radical (unpaired) electrons. The third-order valence-corrected chi connectivity index (χ3v) is 1.29. The summed E-state index contributed by atoms with van der Waals surface area (Å²) in [4.78, 5) is 14.4. The van der Waals surface area contributed by atoms with E-state index < -0.39 is 11.8 Å². The van der Waals surface area contributed by atoms with Crippen LogP contribution in [-0.2, 0) is 4.79 Å². The number of dihydropyridines is 1. The van der Waals surface area contributed by atoms with Crippen molar-refractivity contribution in [3.05, 3.63) is 12.2 Å². The van der Waals surface area contributed by atoms with Crippen LogP contribution in [0, 0.1) is 17.2 Å². The number of carbonyl (C=O) groups excluding carboxylic acids is 1. The maximum atomic E-state index is 10.9. The second kappa shape index (κ2) is 3.44. The fourth-order valence-corrected chi connectivity index (χ4v) is 0.740. The van der Waals surface area contributed by atoms with Crippen LogP contribution >= 0.6 is 0 Å². The summed E-state index contributed by atoms with van der Waals surface area (Å²) in [5.74, 6) is -1.34. The Bertz CT molecular complexity index is 322. The number of allylic oxidation sites excluding steroid dienone is 1. The molecule has 0 aliphatic carbocycles. The first kappa shape index (κ1) is 8.14. The molecule has 60 valence electrons. The van der Waals surface area contributed by atoms with Crippen molar-refractivity contribution in [2.24, 2.45) is 16.1 Å². The van der Waals surface area contributed by atoms with Gasteiger partial charge in [-0.15, -0.1) is 0 Å². The third kappa shape index (κ3) is 1.55. The van der Waals surface area contributed by atoms with Crippen LogP contribution in [0.4, 0.5) is 0 Å². The Morgan fingerprint density at radius 2 is 2.58 bits per heavy atom. The molecule has 0 aromatic carbocycles. The molecule has 0 saturated heterocycles. The predicted octanol–water partition coefficient (Wildman–Crippen LogP) is 0.124. The second-order valence-corrected chi connectivity index (χ2v) is 2.09. The Kier molecular flexibility index (Phi) is 2.33. The Morgan fingerprint density at radius 3 is 3.08 bits per heavy atom. The van der Waals surface area contributed by atoms with Crippen LogP contribution in [0.1, 0.15) is 0 Å². The Labute approximate surface area is 68.3 Å². The fraction of sp³-hybridized carbons (Fsp3) is 0.143. The number of aliphatic imine (C=N–C) groups is 1. The van der Waals surface area contributed by atoms with E-state index in [1.54, 1.807) is 6.07 Å². The molecule has 0 saturated carbocycles. The molecule has 5 heteroatoms. The summed E-state index contributed by atoms with van der Waals surface area (Å²) < 4.78 is 0. The standard InChI is InChI=1S/C7H5N3O2/c8-3-5-1-2-6(4-9-12)10-7(5)11/h1-2,4-5,12H/b9-4+. The van der Waals surface area contributed by atoms with Gasteiger partial charge in [0.05, 0.1) is 18.0 Å². The molecule has 0 fully saturated rings. The Balaban J connectivity index is 2.85. The van der Waals surface area contributed by atoms with Crippen molar-refractivity contribution in [1.82, 2.24) is 0 Å². The van der Waals surface area contributed by atoms with E-state index in [4.69, 9.17) is 10.5 Å². The summed E-state index contributed by atoms with van der Waals surface area (Å²) in [5, 5.41) is 19.2. The summed E-state index contributed by atoms with van der Waals surface area (Å²) in [6, 6.07) is 1.77.